The van der Waals surface area contributed by atoms with Crippen LogP contribution >= 0.6 is 0 Å². The van der Waals surface area contributed by atoms with Crippen molar-refractivity contribution in [1.29, 1.82) is 0 Å². The largest absolute Gasteiger partial charge is 0.459 e. The maximum Gasteiger partial charge on any atom is 0.311 e. The standard InChI is InChI=1S/C55H88N6O12/c1-14-45-55(10,66)49(62)38(6)60(12)31-34(2)28-53(8,65)51(36(4)48(37(5)52(64)71-45)72-47-29-54(9,67-13)50(63)39(7)70-47)73-46-27-44(26-35(3)69-46)59(11)23-21-43-32-61(58-57-43)24-25-68-33-40-17-19-41(20-18-40)42-16-15-22-56-30-42/h15-20,22,30,32,34-39,44-51,62-63,65-66H,14,21,23-29,31,33H2,1-13H3/t34-,35-,36+,37-,38-,39+,44+,45-,46+,47+,48+,49-,50+,51-,53-,54-,55-/m1/s1. The first-order chi connectivity index (χ1) is 34.5. The molecule has 73 heavy (non-hydrogen) atoms. The summed E-state index contributed by atoms with van der Waals surface area (Å²) >= 11 is 0. The molecule has 18 heteroatoms. The monoisotopic (exact) mass is 1020 g/mol. The lowest BCUT2D eigenvalue weighted by Gasteiger charge is -2.48. The van der Waals surface area contributed by atoms with E-state index in [-0.39, 0.29) is 37.3 Å². The van der Waals surface area contributed by atoms with Gasteiger partial charge in [-0.05, 0) is 110 Å². The number of pyridine rings is 1. The fraction of sp³-hybridized carbons (Fsp3) is 0.745. The number of aliphatic hydroxyl groups excluding tert-OH is 2. The molecule has 3 fully saturated rings. The Morgan fingerprint density at radius 3 is 2.32 bits per heavy atom. The number of hydrogen-bond donors (Lipinski definition) is 4. The molecule has 6 rings (SSSR count). The number of aromatic nitrogens is 4. The minimum absolute atomic E-state index is 0.0635. The molecule has 4 N–H and O–H groups in total. The molecule has 410 valence electrons. The average molecular weight is 1030 g/mol. The maximum absolute atomic E-state index is 14.5. The van der Waals surface area contributed by atoms with Gasteiger partial charge in [0.1, 0.15) is 23.9 Å². The molecule has 0 aliphatic carbocycles. The number of benzene rings is 1. The van der Waals surface area contributed by atoms with Gasteiger partial charge in [0.05, 0.1) is 67.0 Å². The van der Waals surface area contributed by atoms with Crippen LogP contribution in [0.4, 0.5) is 0 Å². The van der Waals surface area contributed by atoms with Gasteiger partial charge in [-0.15, -0.1) is 5.10 Å². The fourth-order valence-electron chi connectivity index (χ4n) is 11.3. The minimum Gasteiger partial charge on any atom is -0.459 e. The van der Waals surface area contributed by atoms with Crippen molar-refractivity contribution in [2.45, 2.75) is 205 Å². The lowest BCUT2D eigenvalue weighted by Crippen LogP contribution is -2.59. The van der Waals surface area contributed by atoms with Crippen molar-refractivity contribution in [2.75, 3.05) is 40.9 Å². The van der Waals surface area contributed by atoms with E-state index in [9.17, 15) is 25.2 Å². The first-order valence-electron chi connectivity index (χ1n) is 26.5. The highest BCUT2D eigenvalue weighted by Crippen LogP contribution is 2.40. The normalized spacial score (nSPS) is 37.6. The highest BCUT2D eigenvalue weighted by Gasteiger charge is 2.52. The Bertz CT molecular complexity index is 2150. The summed E-state index contributed by atoms with van der Waals surface area (Å²) in [6.45, 7) is 20.8. The van der Waals surface area contributed by atoms with E-state index in [1.807, 2.05) is 68.9 Å². The van der Waals surface area contributed by atoms with Crippen LogP contribution in [0.25, 0.3) is 11.1 Å². The molecule has 5 heterocycles. The topological polar surface area (TPSA) is 213 Å². The number of aliphatic hydroxyl groups is 4. The van der Waals surface area contributed by atoms with E-state index in [4.69, 9.17) is 33.2 Å². The van der Waals surface area contributed by atoms with Crippen LogP contribution in [-0.2, 0) is 57.5 Å². The predicted molar refractivity (Wildman–Crippen MR) is 275 cm³/mol. The van der Waals surface area contributed by atoms with Crippen LogP contribution in [0.1, 0.15) is 113 Å². The summed E-state index contributed by atoms with van der Waals surface area (Å²) in [5, 5.41) is 56.3. The fourth-order valence-corrected chi connectivity index (χ4v) is 11.3. The molecule has 3 aromatic rings. The van der Waals surface area contributed by atoms with Crippen LogP contribution in [0.3, 0.4) is 0 Å². The number of ether oxygens (including phenoxy) is 7. The van der Waals surface area contributed by atoms with Gasteiger partial charge in [0, 0.05) is 76.1 Å². The third-order valence-corrected chi connectivity index (χ3v) is 16.0. The number of carbonyl (C=O) groups is 1. The first kappa shape index (κ1) is 58.8. The van der Waals surface area contributed by atoms with Crippen molar-refractivity contribution in [1.82, 2.24) is 29.8 Å². The maximum atomic E-state index is 14.5. The molecule has 0 spiro atoms. The van der Waals surface area contributed by atoms with Gasteiger partial charge in [0.15, 0.2) is 12.6 Å². The Morgan fingerprint density at radius 1 is 0.918 bits per heavy atom. The Kier molecular flexibility index (Phi) is 20.6. The molecule has 17 atom stereocenters. The molecule has 2 aromatic heterocycles. The van der Waals surface area contributed by atoms with Crippen molar-refractivity contribution in [3.8, 4) is 11.1 Å². The van der Waals surface area contributed by atoms with E-state index in [2.05, 4.69) is 51.5 Å². The molecule has 0 amide bonds. The molecule has 0 saturated carbocycles. The second kappa shape index (κ2) is 25.6. The number of hydrogen-bond acceptors (Lipinski definition) is 17. The van der Waals surface area contributed by atoms with Gasteiger partial charge in [0.25, 0.3) is 0 Å². The Morgan fingerprint density at radius 2 is 1.64 bits per heavy atom. The van der Waals surface area contributed by atoms with Crippen LogP contribution in [0, 0.1) is 17.8 Å². The number of cyclic esters (lactones) is 1. The number of methoxy groups -OCH3 is 1. The first-order valence-corrected chi connectivity index (χ1v) is 26.5. The smallest absolute Gasteiger partial charge is 0.311 e. The molecule has 1 aromatic carbocycles. The molecule has 3 aliphatic rings. The van der Waals surface area contributed by atoms with Gasteiger partial charge in [-0.3, -0.25) is 9.78 Å². The summed E-state index contributed by atoms with van der Waals surface area (Å²) in [4.78, 5) is 23.0. The summed E-state index contributed by atoms with van der Waals surface area (Å²) < 4.78 is 46.5. The second-order valence-corrected chi connectivity index (χ2v) is 22.3. The second-order valence-electron chi connectivity index (χ2n) is 22.3. The Balaban J connectivity index is 1.16. The molecular formula is C55H88N6O12. The van der Waals surface area contributed by atoms with E-state index < -0.39 is 89.9 Å². The molecule has 18 nitrogen and oxygen atoms in total. The summed E-state index contributed by atoms with van der Waals surface area (Å²) in [7, 11) is 5.49. The zero-order valence-electron chi connectivity index (χ0n) is 45.8. The SMILES string of the molecule is CC[C@H]1OC(=O)[C@H](C)[C@@H](O[C@H]2C[C@@](C)(OC)[C@@H](O)[C@H](C)O2)[C@H](C)[C@@H](O[C@H]2C[C@@H](N(C)CCc3cn(CCOCc4ccc(-c5cccnc5)cc4)nn3)C[C@@H](C)O2)[C@](C)(O)C[C@@H](C)CN(C)[C@H](C)[C@@H](O)[C@]1(C)O. The number of carbonyl (C=O) groups excluding carboxylic acids is 1. The van der Waals surface area contributed by atoms with Crippen molar-refractivity contribution in [2.24, 2.45) is 17.8 Å². The molecule has 0 bridgehead atoms. The highest BCUT2D eigenvalue weighted by atomic mass is 16.7. The van der Waals surface area contributed by atoms with Gasteiger partial charge < -0.3 is 63.4 Å². The van der Waals surface area contributed by atoms with Crippen molar-refractivity contribution in [3.63, 3.8) is 0 Å². The molecule has 3 saturated heterocycles. The van der Waals surface area contributed by atoms with Crippen LogP contribution in [0.2, 0.25) is 0 Å². The molecule has 3 aliphatic heterocycles. The predicted octanol–water partition coefficient (Wildman–Crippen LogP) is 5.41. The quantitative estimate of drug-likeness (QED) is 0.104. The summed E-state index contributed by atoms with van der Waals surface area (Å²) in [6, 6.07) is 11.8. The lowest BCUT2D eigenvalue weighted by molar-refractivity contribution is -0.308. The average Bonchev–Trinajstić information content (AvgIpc) is 3.82. The van der Waals surface area contributed by atoms with E-state index >= 15 is 0 Å². The third-order valence-electron chi connectivity index (χ3n) is 16.0. The third kappa shape index (κ3) is 14.9. The zero-order chi connectivity index (χ0) is 53.4. The summed E-state index contributed by atoms with van der Waals surface area (Å²) in [5.41, 5.74) is -0.182. The van der Waals surface area contributed by atoms with Crippen LogP contribution < -0.4 is 0 Å². The van der Waals surface area contributed by atoms with Gasteiger partial charge in [-0.1, -0.05) is 56.3 Å². The number of likely N-dealkylation sites (N-methyl/N-ethyl adjacent to an activating group) is 2. The van der Waals surface area contributed by atoms with Gasteiger partial charge in [0.2, 0.25) is 0 Å². The molecule has 0 unspecified atom stereocenters. The van der Waals surface area contributed by atoms with E-state index in [0.717, 1.165) is 28.8 Å². The number of esters is 1. The van der Waals surface area contributed by atoms with Crippen LogP contribution in [0.5, 0.6) is 0 Å². The Labute approximate surface area is 434 Å². The zero-order valence-corrected chi connectivity index (χ0v) is 45.8. The number of rotatable bonds is 16. The summed E-state index contributed by atoms with van der Waals surface area (Å²) in [6.07, 6.45) is 0.472. The minimum atomic E-state index is -1.80. The van der Waals surface area contributed by atoms with E-state index in [0.29, 0.717) is 45.7 Å². The lowest BCUT2D eigenvalue weighted by atomic mass is 9.77. The molecular weight excluding hydrogens is 937 g/mol. The number of nitrogens with zero attached hydrogens (tertiary/aromatic N) is 6. The van der Waals surface area contributed by atoms with Gasteiger partial charge in [-0.25, -0.2) is 4.68 Å². The van der Waals surface area contributed by atoms with Crippen molar-refractivity contribution in [3.05, 3.63) is 66.2 Å². The van der Waals surface area contributed by atoms with Gasteiger partial charge in [-0.2, -0.15) is 0 Å². The van der Waals surface area contributed by atoms with Gasteiger partial charge >= 0.3 is 5.97 Å². The van der Waals surface area contributed by atoms with Crippen molar-refractivity contribution < 1.29 is 58.4 Å². The molecule has 0 radical (unpaired) electrons. The Hall–Kier alpha value is -3.50. The van der Waals surface area contributed by atoms with E-state index in [1.165, 1.54) is 14.0 Å². The van der Waals surface area contributed by atoms with Crippen LogP contribution in [0.15, 0.2) is 55.0 Å². The van der Waals surface area contributed by atoms with Crippen molar-refractivity contribution >= 4 is 5.97 Å². The van der Waals surface area contributed by atoms with E-state index in [1.54, 1.807) is 40.8 Å². The summed E-state index contributed by atoms with van der Waals surface area (Å²) in [5.74, 6) is -2.46. The van der Waals surface area contributed by atoms with Crippen LogP contribution in [-0.4, -0.2) is 181 Å². The highest BCUT2D eigenvalue weighted by molar-refractivity contribution is 5.73.